The van der Waals surface area contributed by atoms with E-state index in [9.17, 15) is 0 Å². The summed E-state index contributed by atoms with van der Waals surface area (Å²) in [6.45, 7) is 51.1. The molecule has 1 aliphatic rings. The van der Waals surface area contributed by atoms with Gasteiger partial charge in [0.2, 0.25) is 0 Å². The van der Waals surface area contributed by atoms with Crippen molar-refractivity contribution in [3.8, 4) is 50.7 Å². The summed E-state index contributed by atoms with van der Waals surface area (Å²) in [6.07, 6.45) is 1.95. The van der Waals surface area contributed by atoms with Crippen LogP contribution in [0.3, 0.4) is 0 Å². The van der Waals surface area contributed by atoms with E-state index in [-0.39, 0.29) is 60.0 Å². The molecule has 0 fully saturated rings. The van der Waals surface area contributed by atoms with Gasteiger partial charge in [0.1, 0.15) is 5.82 Å². The molecule has 0 amide bonds. The van der Waals surface area contributed by atoms with Crippen LogP contribution in [0.2, 0.25) is 0 Å². The van der Waals surface area contributed by atoms with Gasteiger partial charge in [-0.1, -0.05) is 254 Å². The number of hydrogen-bond acceptors (Lipinski definition) is 5. The van der Waals surface area contributed by atoms with Crippen LogP contribution in [-0.2, 0) is 48.1 Å². The fourth-order valence-electron chi connectivity index (χ4n) is 13.8. The Balaban J connectivity index is 0.00000881. The number of anilines is 4. The Morgan fingerprint density at radius 1 is 0.458 bits per heavy atom. The van der Waals surface area contributed by atoms with Gasteiger partial charge in [-0.25, -0.2) is 4.98 Å². The van der Waals surface area contributed by atoms with Crippen molar-refractivity contribution in [3.63, 3.8) is 0 Å². The van der Waals surface area contributed by atoms with Crippen LogP contribution in [0.1, 0.15) is 208 Å². The number of hydrogen-bond donors (Lipinski definition) is 0. The van der Waals surface area contributed by atoms with Crippen LogP contribution in [0.15, 0.2) is 170 Å². The molecule has 0 saturated carbocycles. The van der Waals surface area contributed by atoms with Gasteiger partial charge in [-0.05, 0) is 148 Å². The van der Waals surface area contributed by atoms with E-state index in [1.807, 2.05) is 17.5 Å². The maximum absolute atomic E-state index is 7.42. The number of benzene rings is 9. The smallest absolute Gasteiger partial charge is 0.135 e. The van der Waals surface area contributed by atoms with Gasteiger partial charge in [-0.3, -0.25) is 0 Å². The zero-order valence-corrected chi connectivity index (χ0v) is 63.5. The summed E-state index contributed by atoms with van der Waals surface area (Å²) in [4.78, 5) is 9.95. The molecule has 0 bridgehead atoms. The molecule has 13 rings (SSSR count). The first-order valence-electron chi connectivity index (χ1n) is 34.4. The van der Waals surface area contributed by atoms with E-state index in [2.05, 4.69) is 342 Å². The third-order valence-electron chi connectivity index (χ3n) is 19.6. The average molecular weight is 1460 g/mol. The molecule has 7 heteroatoms. The molecule has 12 aromatic rings. The van der Waals surface area contributed by atoms with Crippen molar-refractivity contribution >= 4 is 76.1 Å². The van der Waals surface area contributed by atoms with Crippen molar-refractivity contribution in [1.82, 2.24) is 9.55 Å². The summed E-state index contributed by atoms with van der Waals surface area (Å²) in [5, 5.41) is 4.81. The van der Waals surface area contributed by atoms with Crippen LogP contribution in [0.5, 0.6) is 11.5 Å². The molecule has 0 radical (unpaired) electrons. The molecule has 1 aliphatic heterocycles. The normalized spacial score (nSPS) is 13.4. The summed E-state index contributed by atoms with van der Waals surface area (Å²) in [5.74, 6) is 2.88. The van der Waals surface area contributed by atoms with E-state index in [0.29, 0.717) is 17.4 Å². The predicted octanol–water partition coefficient (Wildman–Crippen LogP) is 26.2. The largest absolute Gasteiger partial charge is 0.509 e. The van der Waals surface area contributed by atoms with Crippen molar-refractivity contribution in [1.29, 1.82) is 0 Å². The number of ether oxygens (including phenoxy) is 1. The molecule has 0 atom stereocenters. The first kappa shape index (κ1) is 68.2. The standard InChI is InChI=1S/C89H95N4OS.Pt/c1-53(2)56-45-73(54(3)4)81(74(46-56)55(5)6)59-43-65(50-67(44-59)94-66-33-34-72-78(51-66)93(80-49-60(37-38-90-80)85(7,8)9)77-36-35-71-70-27-22-25-32-79(70)95-84(71)82(72)77)91-52-92(76-31-24-23-30-75(76)91)83-68(57-39-61(86(10,11)12)47-62(40-57)87(13,14)15)28-26-29-69(83)58-41-63(88(16,17)18)48-64(42-58)89(19,20)21;/h22-49,52-55H,1-21H3;/q-3;. The number of aromatic nitrogens is 2. The Hall–Kier alpha value is -7.76. The summed E-state index contributed by atoms with van der Waals surface area (Å²) >= 11 is 1.85. The second kappa shape index (κ2) is 25.0. The Kier molecular flexibility index (Phi) is 17.7. The molecule has 5 nitrogen and oxygen atoms in total. The minimum absolute atomic E-state index is 0. The van der Waals surface area contributed by atoms with E-state index in [1.165, 1.54) is 86.8 Å². The van der Waals surface area contributed by atoms with Gasteiger partial charge in [0.15, 0.2) is 0 Å². The molecular formula is C89H95N4OPtS-3. The quantitative estimate of drug-likeness (QED) is 0.121. The van der Waals surface area contributed by atoms with Crippen molar-refractivity contribution in [2.45, 2.75) is 190 Å². The van der Waals surface area contributed by atoms with Gasteiger partial charge in [0.05, 0.1) is 0 Å². The first-order valence-corrected chi connectivity index (χ1v) is 35.2. The van der Waals surface area contributed by atoms with Gasteiger partial charge in [0, 0.05) is 92.6 Å². The monoisotopic (exact) mass is 1460 g/mol. The predicted molar refractivity (Wildman–Crippen MR) is 409 cm³/mol. The molecule has 96 heavy (non-hydrogen) atoms. The molecule has 0 N–H and O–H groups in total. The minimum Gasteiger partial charge on any atom is -0.509 e. The van der Waals surface area contributed by atoms with Crippen molar-refractivity contribution < 1.29 is 25.8 Å². The van der Waals surface area contributed by atoms with Crippen LogP contribution in [-0.4, -0.2) is 9.55 Å². The van der Waals surface area contributed by atoms with Crippen LogP contribution in [0.25, 0.3) is 81.2 Å². The Morgan fingerprint density at radius 2 is 0.990 bits per heavy atom. The molecule has 3 aromatic heterocycles. The fourth-order valence-corrected chi connectivity index (χ4v) is 15.1. The molecule has 0 unspecified atom stereocenters. The van der Waals surface area contributed by atoms with Gasteiger partial charge in [-0.2, -0.15) is 6.07 Å². The minimum atomic E-state index is -0.0934. The Morgan fingerprint density at radius 3 is 1.53 bits per heavy atom. The SMILES string of the molecule is CC(C)c1cc(C(C)C)c(-c2cc(Oc3[c-]c4c(cc3)c3c5sc6ccccc6c5ccc3n4-c3cc(C(C)(C)C)ccn3)[c-]c(N3[CH-]N(c4c(-c5cc(C(C)(C)C)cc(C(C)(C)C)c5)cccc4-c4cc(C(C)(C)C)cc(C(C)(C)C)c4)c4ccccc43)c2)c(C(C)C)c1.[Pt]. The summed E-state index contributed by atoms with van der Waals surface area (Å²) in [5.41, 5.74) is 23.1. The van der Waals surface area contributed by atoms with E-state index in [0.717, 1.165) is 61.7 Å². The van der Waals surface area contributed by atoms with Crippen LogP contribution in [0.4, 0.5) is 22.7 Å². The topological polar surface area (TPSA) is 33.5 Å². The van der Waals surface area contributed by atoms with Crippen molar-refractivity contribution in [2.75, 3.05) is 9.80 Å². The maximum atomic E-state index is 7.42. The van der Waals surface area contributed by atoms with Gasteiger partial charge < -0.3 is 19.1 Å². The first-order chi connectivity index (χ1) is 44.7. The van der Waals surface area contributed by atoms with Crippen LogP contribution >= 0.6 is 11.3 Å². The second-order valence-electron chi connectivity index (χ2n) is 32.9. The molecule has 9 aromatic carbocycles. The maximum Gasteiger partial charge on any atom is 0.135 e. The van der Waals surface area contributed by atoms with Crippen LogP contribution in [0, 0.1) is 18.8 Å². The van der Waals surface area contributed by atoms with E-state index in [1.54, 1.807) is 0 Å². The zero-order valence-electron chi connectivity index (χ0n) is 60.4. The third kappa shape index (κ3) is 12.7. The van der Waals surface area contributed by atoms with Crippen molar-refractivity contribution in [3.05, 3.63) is 233 Å². The molecule has 0 saturated heterocycles. The van der Waals surface area contributed by atoms with E-state index in [4.69, 9.17) is 9.72 Å². The molecule has 0 spiro atoms. The van der Waals surface area contributed by atoms with Crippen LogP contribution < -0.4 is 14.5 Å². The number of pyridine rings is 1. The van der Waals surface area contributed by atoms with Gasteiger partial charge in [0.25, 0.3) is 0 Å². The third-order valence-corrected chi connectivity index (χ3v) is 20.8. The van der Waals surface area contributed by atoms with Gasteiger partial charge in [-0.15, -0.1) is 65.0 Å². The summed E-state index contributed by atoms with van der Waals surface area (Å²) in [7, 11) is 0. The van der Waals surface area contributed by atoms with E-state index < -0.39 is 0 Å². The summed E-state index contributed by atoms with van der Waals surface area (Å²) in [6, 6.07) is 70.0. The zero-order chi connectivity index (χ0) is 67.7. The van der Waals surface area contributed by atoms with Gasteiger partial charge >= 0.3 is 0 Å². The Bertz CT molecular complexity index is 4790. The number of para-hydroxylation sites is 3. The molecular weight excluding hydrogens is 1370 g/mol. The van der Waals surface area contributed by atoms with E-state index >= 15 is 0 Å². The number of thiophene rings is 1. The molecule has 496 valence electrons. The fraction of sp³-hybridized carbons (Fsp3) is 0.326. The van der Waals surface area contributed by atoms with Crippen molar-refractivity contribution in [2.24, 2.45) is 0 Å². The molecule has 0 aliphatic carbocycles. The average Bonchev–Trinajstić information content (AvgIpc) is 1.54. The number of rotatable bonds is 11. The second-order valence-corrected chi connectivity index (χ2v) is 34.0. The number of fused-ring (bicyclic) bond motifs is 8. The Labute approximate surface area is 591 Å². The molecule has 4 heterocycles. The number of nitrogens with zero attached hydrogens (tertiary/aromatic N) is 4. The summed E-state index contributed by atoms with van der Waals surface area (Å²) < 4.78 is 12.2.